The Morgan fingerprint density at radius 3 is 2.64 bits per heavy atom. The van der Waals surface area contributed by atoms with Crippen LogP contribution in [0.3, 0.4) is 0 Å². The van der Waals surface area contributed by atoms with E-state index in [0.29, 0.717) is 11.2 Å². The third-order valence-electron chi connectivity index (χ3n) is 3.75. The Kier molecular flexibility index (Phi) is 4.75. The van der Waals surface area contributed by atoms with Gasteiger partial charge in [-0.25, -0.2) is 9.78 Å². The topological polar surface area (TPSA) is 68.3 Å². The van der Waals surface area contributed by atoms with Gasteiger partial charge in [0.1, 0.15) is 5.69 Å². The van der Waals surface area contributed by atoms with Crippen molar-refractivity contribution in [3.05, 3.63) is 71.9 Å². The number of amides is 1. The molecular weight excluding hydrogens is 316 g/mol. The molecule has 2 aromatic carbocycles. The maximum Gasteiger partial charge on any atom is 0.357 e. The van der Waals surface area contributed by atoms with Gasteiger partial charge in [-0.1, -0.05) is 36.4 Å². The van der Waals surface area contributed by atoms with Gasteiger partial charge in [0.2, 0.25) is 0 Å². The van der Waals surface area contributed by atoms with Gasteiger partial charge >= 0.3 is 5.97 Å². The molecule has 0 bridgehead atoms. The van der Waals surface area contributed by atoms with Crippen LogP contribution in [0.5, 0.6) is 0 Å². The Balaban J connectivity index is 1.67. The number of hydrogen-bond donors (Lipinski definition) is 1. The molecule has 1 amide bonds. The maximum atomic E-state index is 12.2. The lowest BCUT2D eigenvalue weighted by molar-refractivity contribution is -0.123. The van der Waals surface area contributed by atoms with E-state index < -0.39 is 12.1 Å². The Morgan fingerprint density at radius 2 is 1.84 bits per heavy atom. The van der Waals surface area contributed by atoms with Crippen molar-refractivity contribution in [2.75, 3.05) is 5.32 Å². The Hall–Kier alpha value is -3.21. The van der Waals surface area contributed by atoms with Crippen molar-refractivity contribution in [2.45, 2.75) is 20.0 Å². The van der Waals surface area contributed by atoms with Crippen molar-refractivity contribution in [1.82, 2.24) is 4.98 Å². The average Bonchev–Trinajstić information content (AvgIpc) is 2.61. The summed E-state index contributed by atoms with van der Waals surface area (Å²) in [4.78, 5) is 28.7. The summed E-state index contributed by atoms with van der Waals surface area (Å²) in [5.41, 5.74) is 2.57. The molecule has 3 aromatic rings. The largest absolute Gasteiger partial charge is 0.448 e. The summed E-state index contributed by atoms with van der Waals surface area (Å²) < 4.78 is 5.24. The Morgan fingerprint density at radius 1 is 1.04 bits per heavy atom. The molecule has 1 atom stereocenters. The van der Waals surface area contributed by atoms with E-state index in [4.69, 9.17) is 4.74 Å². The lowest BCUT2D eigenvalue weighted by atomic mass is 10.2. The fourth-order valence-corrected chi connectivity index (χ4v) is 2.42. The van der Waals surface area contributed by atoms with Gasteiger partial charge in [0.15, 0.2) is 6.10 Å². The predicted octanol–water partition coefficient (Wildman–Crippen LogP) is 3.73. The zero-order valence-corrected chi connectivity index (χ0v) is 14.0. The van der Waals surface area contributed by atoms with Crippen molar-refractivity contribution < 1.29 is 14.3 Å². The summed E-state index contributed by atoms with van der Waals surface area (Å²) in [7, 11) is 0. The molecule has 0 radical (unpaired) electrons. The number of esters is 1. The SMILES string of the molecule is Cc1cccc(NC(=O)[C@@H](C)OC(=O)c2ccc3ccccc3n2)c1. The van der Waals surface area contributed by atoms with Crippen LogP contribution in [0.2, 0.25) is 0 Å². The molecule has 0 aliphatic heterocycles. The first-order valence-electron chi connectivity index (χ1n) is 7.97. The van der Waals surface area contributed by atoms with Crippen LogP contribution < -0.4 is 5.32 Å². The molecule has 0 saturated carbocycles. The number of ether oxygens (including phenoxy) is 1. The molecule has 0 saturated heterocycles. The number of aromatic nitrogens is 1. The Bertz CT molecular complexity index is 937. The number of nitrogens with one attached hydrogen (secondary N) is 1. The van der Waals surface area contributed by atoms with E-state index >= 15 is 0 Å². The first kappa shape index (κ1) is 16.6. The summed E-state index contributed by atoms with van der Waals surface area (Å²) in [5.74, 6) is -1.02. The van der Waals surface area contributed by atoms with Gasteiger partial charge in [-0.3, -0.25) is 4.79 Å². The van der Waals surface area contributed by atoms with E-state index in [-0.39, 0.29) is 11.6 Å². The first-order valence-corrected chi connectivity index (χ1v) is 7.97. The zero-order chi connectivity index (χ0) is 17.8. The van der Waals surface area contributed by atoms with E-state index in [1.165, 1.54) is 6.92 Å². The molecule has 0 spiro atoms. The van der Waals surface area contributed by atoms with Gasteiger partial charge in [0.25, 0.3) is 5.91 Å². The number of benzene rings is 2. The van der Waals surface area contributed by atoms with Gasteiger partial charge in [-0.05, 0) is 43.7 Å². The fourth-order valence-electron chi connectivity index (χ4n) is 2.42. The van der Waals surface area contributed by atoms with Crippen LogP contribution >= 0.6 is 0 Å². The van der Waals surface area contributed by atoms with Crippen molar-refractivity contribution in [1.29, 1.82) is 0 Å². The minimum Gasteiger partial charge on any atom is -0.448 e. The number of anilines is 1. The highest BCUT2D eigenvalue weighted by Gasteiger charge is 2.20. The summed E-state index contributed by atoms with van der Waals surface area (Å²) in [6, 6.07) is 18.3. The molecular formula is C20H18N2O3. The fraction of sp³-hybridized carbons (Fsp3) is 0.150. The van der Waals surface area contributed by atoms with Crippen LogP contribution in [0.4, 0.5) is 5.69 Å². The summed E-state index contributed by atoms with van der Waals surface area (Å²) in [6.07, 6.45) is -0.929. The van der Waals surface area contributed by atoms with E-state index in [2.05, 4.69) is 10.3 Å². The lowest BCUT2D eigenvalue weighted by Gasteiger charge is -2.13. The number of fused-ring (bicyclic) bond motifs is 1. The quantitative estimate of drug-likeness (QED) is 0.738. The van der Waals surface area contributed by atoms with Gasteiger partial charge in [0, 0.05) is 11.1 Å². The van der Waals surface area contributed by atoms with E-state index in [1.807, 2.05) is 49.4 Å². The van der Waals surface area contributed by atoms with Crippen LogP contribution in [0.15, 0.2) is 60.7 Å². The second-order valence-corrected chi connectivity index (χ2v) is 5.80. The third kappa shape index (κ3) is 4.01. The number of carbonyl (C=O) groups excluding carboxylic acids is 2. The summed E-state index contributed by atoms with van der Waals surface area (Å²) >= 11 is 0. The molecule has 0 aliphatic carbocycles. The highest BCUT2D eigenvalue weighted by molar-refractivity contribution is 5.97. The van der Waals surface area contributed by atoms with Crippen molar-refractivity contribution in [2.24, 2.45) is 0 Å². The molecule has 1 aromatic heterocycles. The lowest BCUT2D eigenvalue weighted by Crippen LogP contribution is -2.30. The molecule has 25 heavy (non-hydrogen) atoms. The minimum atomic E-state index is -0.929. The van der Waals surface area contributed by atoms with Crippen LogP contribution in [0.1, 0.15) is 23.0 Å². The van der Waals surface area contributed by atoms with Gasteiger partial charge in [-0.2, -0.15) is 0 Å². The van der Waals surface area contributed by atoms with E-state index in [9.17, 15) is 9.59 Å². The third-order valence-corrected chi connectivity index (χ3v) is 3.75. The van der Waals surface area contributed by atoms with Gasteiger partial charge in [-0.15, -0.1) is 0 Å². The summed E-state index contributed by atoms with van der Waals surface area (Å²) in [5, 5.41) is 3.67. The van der Waals surface area contributed by atoms with Crippen LogP contribution in [-0.2, 0) is 9.53 Å². The monoisotopic (exact) mass is 334 g/mol. The number of rotatable bonds is 4. The molecule has 0 unspecified atom stereocenters. The van der Waals surface area contributed by atoms with E-state index in [1.54, 1.807) is 18.2 Å². The number of nitrogens with zero attached hydrogens (tertiary/aromatic N) is 1. The smallest absolute Gasteiger partial charge is 0.357 e. The maximum absolute atomic E-state index is 12.2. The molecule has 5 heteroatoms. The normalized spacial score (nSPS) is 11.8. The molecule has 1 heterocycles. The number of aryl methyl sites for hydroxylation is 1. The second-order valence-electron chi connectivity index (χ2n) is 5.80. The average molecular weight is 334 g/mol. The number of para-hydroxylation sites is 1. The zero-order valence-electron chi connectivity index (χ0n) is 14.0. The highest BCUT2D eigenvalue weighted by Crippen LogP contribution is 2.14. The van der Waals surface area contributed by atoms with Gasteiger partial charge in [0.05, 0.1) is 5.52 Å². The predicted molar refractivity (Wildman–Crippen MR) is 96.4 cm³/mol. The van der Waals surface area contributed by atoms with Crippen molar-refractivity contribution in [3.63, 3.8) is 0 Å². The van der Waals surface area contributed by atoms with Gasteiger partial charge < -0.3 is 10.1 Å². The number of carbonyl (C=O) groups is 2. The highest BCUT2D eigenvalue weighted by atomic mass is 16.5. The first-order chi connectivity index (χ1) is 12.0. The molecule has 126 valence electrons. The van der Waals surface area contributed by atoms with Crippen molar-refractivity contribution in [3.8, 4) is 0 Å². The van der Waals surface area contributed by atoms with Crippen LogP contribution in [-0.4, -0.2) is 23.0 Å². The standard InChI is InChI=1S/C20H18N2O3/c1-13-6-5-8-16(12-13)21-19(23)14(2)25-20(24)18-11-10-15-7-3-4-9-17(15)22-18/h3-12,14H,1-2H3,(H,21,23)/t14-/m1/s1. The van der Waals surface area contributed by atoms with Crippen LogP contribution in [0, 0.1) is 6.92 Å². The molecule has 3 rings (SSSR count). The van der Waals surface area contributed by atoms with Crippen molar-refractivity contribution >= 4 is 28.5 Å². The summed E-state index contributed by atoms with van der Waals surface area (Å²) in [6.45, 7) is 3.47. The molecule has 0 aliphatic rings. The molecule has 0 fully saturated rings. The second kappa shape index (κ2) is 7.13. The minimum absolute atomic E-state index is 0.175. The number of pyridine rings is 1. The van der Waals surface area contributed by atoms with Crippen LogP contribution in [0.25, 0.3) is 10.9 Å². The van der Waals surface area contributed by atoms with E-state index in [0.717, 1.165) is 10.9 Å². The Labute approximate surface area is 145 Å². The number of hydrogen-bond acceptors (Lipinski definition) is 4. The molecule has 1 N–H and O–H groups in total. The molecule has 5 nitrogen and oxygen atoms in total.